The van der Waals surface area contributed by atoms with Crippen LogP contribution in [0.25, 0.3) is 0 Å². The Labute approximate surface area is 179 Å². The monoisotopic (exact) mass is 419 g/mol. The van der Waals surface area contributed by atoms with Gasteiger partial charge in [0.1, 0.15) is 11.5 Å². The summed E-state index contributed by atoms with van der Waals surface area (Å²) in [5.41, 5.74) is 2.93. The predicted octanol–water partition coefficient (Wildman–Crippen LogP) is 3.23. The second-order valence-corrected chi connectivity index (χ2v) is 7.43. The van der Waals surface area contributed by atoms with Crippen LogP contribution in [0.5, 0.6) is 0 Å². The van der Waals surface area contributed by atoms with E-state index in [-0.39, 0.29) is 23.7 Å². The fourth-order valence-electron chi connectivity index (χ4n) is 3.76. The Morgan fingerprint density at radius 1 is 1.16 bits per heavy atom. The first-order chi connectivity index (χ1) is 15.0. The molecule has 0 saturated carbocycles. The Hall–Kier alpha value is -3.68. The van der Waals surface area contributed by atoms with E-state index in [1.165, 1.54) is 30.7 Å². The number of likely N-dealkylation sites (tertiary alicyclic amines) is 1. The average Bonchev–Trinajstić information content (AvgIpc) is 3.28. The summed E-state index contributed by atoms with van der Waals surface area (Å²) in [6, 6.07) is 9.36. The van der Waals surface area contributed by atoms with Crippen LogP contribution in [0.3, 0.4) is 0 Å². The van der Waals surface area contributed by atoms with E-state index < -0.39 is 0 Å². The molecule has 1 atom stereocenters. The maximum absolute atomic E-state index is 13.0. The summed E-state index contributed by atoms with van der Waals surface area (Å²) in [6.07, 6.45) is 6.17. The van der Waals surface area contributed by atoms with E-state index in [0.29, 0.717) is 30.0 Å². The molecule has 2 aromatic heterocycles. The quantitative estimate of drug-likeness (QED) is 0.686. The standard InChI is InChI=1S/C23H22FN5O2/c1-15-18(22(30)27-13-16-4-6-17(24)7-5-16)8-9-19(28-15)21-3-2-12-29(21)23(31)20-14-25-10-11-26-20/h4-11,14,21H,2-3,12-13H2,1H3,(H,27,30). The van der Waals surface area contributed by atoms with Crippen molar-refractivity contribution >= 4 is 11.8 Å². The number of hydrogen-bond acceptors (Lipinski definition) is 5. The molecule has 1 aliphatic rings. The lowest BCUT2D eigenvalue weighted by Gasteiger charge is -2.24. The lowest BCUT2D eigenvalue weighted by Crippen LogP contribution is -2.32. The van der Waals surface area contributed by atoms with Gasteiger partial charge in [-0.25, -0.2) is 9.37 Å². The Balaban J connectivity index is 1.46. The smallest absolute Gasteiger partial charge is 0.274 e. The third-order valence-electron chi connectivity index (χ3n) is 5.36. The summed E-state index contributed by atoms with van der Waals surface area (Å²) in [6.45, 7) is 2.70. The molecule has 2 amide bonds. The minimum atomic E-state index is -0.315. The van der Waals surface area contributed by atoms with Crippen molar-refractivity contribution < 1.29 is 14.0 Å². The van der Waals surface area contributed by atoms with E-state index in [9.17, 15) is 14.0 Å². The number of hydrogen-bond donors (Lipinski definition) is 1. The summed E-state index contributed by atoms with van der Waals surface area (Å²) in [7, 11) is 0. The van der Waals surface area contributed by atoms with E-state index in [1.54, 1.807) is 36.1 Å². The number of carbonyl (C=O) groups is 2. The summed E-state index contributed by atoms with van der Waals surface area (Å²) in [5.74, 6) is -0.736. The number of nitrogens with zero attached hydrogens (tertiary/aromatic N) is 4. The summed E-state index contributed by atoms with van der Waals surface area (Å²) >= 11 is 0. The van der Waals surface area contributed by atoms with Gasteiger partial charge in [-0.3, -0.25) is 19.6 Å². The molecule has 1 saturated heterocycles. The van der Waals surface area contributed by atoms with Gasteiger partial charge in [-0.1, -0.05) is 12.1 Å². The van der Waals surface area contributed by atoms with Crippen molar-refractivity contribution in [1.29, 1.82) is 0 Å². The SMILES string of the molecule is Cc1nc(C2CCCN2C(=O)c2cnccn2)ccc1C(=O)NCc1ccc(F)cc1. The minimum absolute atomic E-state index is 0.162. The summed E-state index contributed by atoms with van der Waals surface area (Å²) in [4.78, 5) is 39.9. The third kappa shape index (κ3) is 4.58. The van der Waals surface area contributed by atoms with Crippen molar-refractivity contribution in [2.75, 3.05) is 6.54 Å². The Kier molecular flexibility index (Phi) is 5.97. The highest BCUT2D eigenvalue weighted by Gasteiger charge is 2.32. The Bertz CT molecular complexity index is 1090. The zero-order valence-corrected chi connectivity index (χ0v) is 17.1. The highest BCUT2D eigenvalue weighted by molar-refractivity contribution is 5.95. The van der Waals surface area contributed by atoms with Gasteiger partial charge in [0.25, 0.3) is 11.8 Å². The molecule has 1 unspecified atom stereocenters. The molecule has 1 N–H and O–H groups in total. The molecule has 31 heavy (non-hydrogen) atoms. The highest BCUT2D eigenvalue weighted by Crippen LogP contribution is 2.32. The van der Waals surface area contributed by atoms with Crippen molar-refractivity contribution in [2.45, 2.75) is 32.4 Å². The fraction of sp³-hybridized carbons (Fsp3) is 0.261. The predicted molar refractivity (Wildman–Crippen MR) is 112 cm³/mol. The first-order valence-electron chi connectivity index (χ1n) is 10.1. The molecule has 3 heterocycles. The van der Waals surface area contributed by atoms with Gasteiger partial charge in [-0.2, -0.15) is 0 Å². The molecule has 0 spiro atoms. The summed E-state index contributed by atoms with van der Waals surface area (Å²) in [5, 5.41) is 2.83. The fourth-order valence-corrected chi connectivity index (χ4v) is 3.76. The number of amides is 2. The largest absolute Gasteiger partial charge is 0.348 e. The van der Waals surface area contributed by atoms with Crippen molar-refractivity contribution in [3.8, 4) is 0 Å². The molecule has 8 heteroatoms. The van der Waals surface area contributed by atoms with Gasteiger partial charge in [-0.05, 0) is 49.6 Å². The van der Waals surface area contributed by atoms with Gasteiger partial charge in [0, 0.05) is 25.5 Å². The van der Waals surface area contributed by atoms with Crippen LogP contribution in [0.1, 0.15) is 56.7 Å². The molecule has 3 aromatic rings. The average molecular weight is 419 g/mol. The third-order valence-corrected chi connectivity index (χ3v) is 5.36. The number of benzene rings is 1. The lowest BCUT2D eigenvalue weighted by molar-refractivity contribution is 0.0725. The van der Waals surface area contributed by atoms with Crippen molar-refractivity contribution in [1.82, 2.24) is 25.2 Å². The van der Waals surface area contributed by atoms with Crippen molar-refractivity contribution in [2.24, 2.45) is 0 Å². The Morgan fingerprint density at radius 3 is 2.68 bits per heavy atom. The first-order valence-corrected chi connectivity index (χ1v) is 10.1. The number of rotatable bonds is 5. The number of halogens is 1. The molecule has 4 rings (SSSR count). The van der Waals surface area contributed by atoms with Gasteiger partial charge in [0.15, 0.2) is 0 Å². The zero-order valence-electron chi connectivity index (χ0n) is 17.1. The molecule has 0 aliphatic carbocycles. The maximum Gasteiger partial charge on any atom is 0.274 e. The van der Waals surface area contributed by atoms with Gasteiger partial charge < -0.3 is 10.2 Å². The summed E-state index contributed by atoms with van der Waals surface area (Å²) < 4.78 is 13.0. The number of pyridine rings is 1. The minimum Gasteiger partial charge on any atom is -0.348 e. The van der Waals surface area contributed by atoms with Crippen LogP contribution in [-0.2, 0) is 6.54 Å². The molecule has 0 radical (unpaired) electrons. The molecular weight excluding hydrogens is 397 g/mol. The second kappa shape index (κ2) is 8.99. The molecule has 158 valence electrons. The lowest BCUT2D eigenvalue weighted by atomic mass is 10.1. The van der Waals surface area contributed by atoms with E-state index in [1.807, 2.05) is 0 Å². The van der Waals surface area contributed by atoms with Crippen LogP contribution in [0.15, 0.2) is 55.0 Å². The van der Waals surface area contributed by atoms with Crippen LogP contribution < -0.4 is 5.32 Å². The van der Waals surface area contributed by atoms with Crippen LogP contribution >= 0.6 is 0 Å². The molecule has 1 aliphatic heterocycles. The van der Waals surface area contributed by atoms with Gasteiger partial charge in [0.05, 0.1) is 29.2 Å². The molecule has 7 nitrogen and oxygen atoms in total. The van der Waals surface area contributed by atoms with Gasteiger partial charge >= 0.3 is 0 Å². The highest BCUT2D eigenvalue weighted by atomic mass is 19.1. The van der Waals surface area contributed by atoms with Crippen molar-refractivity contribution in [3.63, 3.8) is 0 Å². The molecular formula is C23H22FN5O2. The first kappa shape index (κ1) is 20.6. The van der Waals surface area contributed by atoms with Gasteiger partial charge in [-0.15, -0.1) is 0 Å². The number of nitrogens with one attached hydrogen (secondary N) is 1. The van der Waals surface area contributed by atoms with Crippen LogP contribution in [0.4, 0.5) is 4.39 Å². The van der Waals surface area contributed by atoms with E-state index >= 15 is 0 Å². The molecule has 0 bridgehead atoms. The van der Waals surface area contributed by atoms with Crippen LogP contribution in [0.2, 0.25) is 0 Å². The zero-order chi connectivity index (χ0) is 21.8. The molecule has 1 aromatic carbocycles. The van der Waals surface area contributed by atoms with E-state index in [4.69, 9.17) is 0 Å². The van der Waals surface area contributed by atoms with Gasteiger partial charge in [0.2, 0.25) is 0 Å². The van der Waals surface area contributed by atoms with E-state index in [0.717, 1.165) is 24.1 Å². The number of aryl methyl sites for hydroxylation is 1. The van der Waals surface area contributed by atoms with Crippen LogP contribution in [0, 0.1) is 12.7 Å². The number of carbonyl (C=O) groups excluding carboxylic acids is 2. The topological polar surface area (TPSA) is 88.1 Å². The number of aromatic nitrogens is 3. The van der Waals surface area contributed by atoms with Crippen molar-refractivity contribution in [3.05, 3.63) is 89.0 Å². The maximum atomic E-state index is 13.0. The second-order valence-electron chi connectivity index (χ2n) is 7.43. The molecule has 1 fully saturated rings. The van der Waals surface area contributed by atoms with E-state index in [2.05, 4.69) is 20.3 Å². The normalized spacial score (nSPS) is 15.7. The Morgan fingerprint density at radius 2 is 1.97 bits per heavy atom. The van der Waals surface area contributed by atoms with Crippen LogP contribution in [-0.4, -0.2) is 38.2 Å².